The SMILES string of the molecule is CCC1(CC)CN=C(NCC(C)N2CCCC2)SC1. The number of amidine groups is 1. The van der Waals surface area contributed by atoms with Gasteiger partial charge in [0.25, 0.3) is 0 Å². The molecule has 0 aromatic rings. The van der Waals surface area contributed by atoms with E-state index in [0.717, 1.165) is 13.1 Å². The Morgan fingerprint density at radius 3 is 2.53 bits per heavy atom. The van der Waals surface area contributed by atoms with Crippen LogP contribution in [0.2, 0.25) is 0 Å². The van der Waals surface area contributed by atoms with Crippen LogP contribution in [0.25, 0.3) is 0 Å². The van der Waals surface area contributed by atoms with E-state index < -0.39 is 0 Å². The summed E-state index contributed by atoms with van der Waals surface area (Å²) in [5.41, 5.74) is 0.455. The second-order valence-corrected chi connectivity index (χ2v) is 7.05. The molecule has 0 bridgehead atoms. The van der Waals surface area contributed by atoms with Crippen LogP contribution >= 0.6 is 11.8 Å². The minimum absolute atomic E-state index is 0.455. The Hall–Kier alpha value is -0.220. The van der Waals surface area contributed by atoms with E-state index in [2.05, 4.69) is 31.0 Å². The monoisotopic (exact) mass is 283 g/mol. The first-order chi connectivity index (χ1) is 9.19. The minimum atomic E-state index is 0.455. The predicted octanol–water partition coefficient (Wildman–Crippen LogP) is 2.97. The minimum Gasteiger partial charge on any atom is -0.363 e. The van der Waals surface area contributed by atoms with Crippen LogP contribution in [-0.2, 0) is 0 Å². The average molecular weight is 283 g/mol. The number of nitrogens with one attached hydrogen (secondary N) is 1. The molecule has 0 aromatic carbocycles. The van der Waals surface area contributed by atoms with Gasteiger partial charge in [-0.2, -0.15) is 0 Å². The lowest BCUT2D eigenvalue weighted by Crippen LogP contribution is -2.42. The Morgan fingerprint density at radius 1 is 1.32 bits per heavy atom. The van der Waals surface area contributed by atoms with Gasteiger partial charge < -0.3 is 5.32 Å². The highest BCUT2D eigenvalue weighted by molar-refractivity contribution is 8.13. The van der Waals surface area contributed by atoms with Gasteiger partial charge in [-0.15, -0.1) is 0 Å². The van der Waals surface area contributed by atoms with Gasteiger partial charge in [0, 0.05) is 24.9 Å². The Bertz CT molecular complexity index is 307. The van der Waals surface area contributed by atoms with Gasteiger partial charge in [0.15, 0.2) is 5.17 Å². The smallest absolute Gasteiger partial charge is 0.156 e. The van der Waals surface area contributed by atoms with Crippen molar-refractivity contribution in [2.75, 3.05) is 31.9 Å². The zero-order valence-electron chi connectivity index (χ0n) is 12.7. The fraction of sp³-hybridized carbons (Fsp3) is 0.933. The first-order valence-corrected chi connectivity index (χ1v) is 8.83. The third kappa shape index (κ3) is 3.88. The van der Waals surface area contributed by atoms with Crippen LogP contribution in [0.3, 0.4) is 0 Å². The molecule has 0 amide bonds. The van der Waals surface area contributed by atoms with Crippen molar-refractivity contribution in [1.29, 1.82) is 0 Å². The van der Waals surface area contributed by atoms with Crippen molar-refractivity contribution in [1.82, 2.24) is 10.2 Å². The second kappa shape index (κ2) is 6.98. The van der Waals surface area contributed by atoms with Crippen LogP contribution in [0.15, 0.2) is 4.99 Å². The van der Waals surface area contributed by atoms with Crippen LogP contribution < -0.4 is 5.32 Å². The highest BCUT2D eigenvalue weighted by Gasteiger charge is 2.30. The number of hydrogen-bond donors (Lipinski definition) is 1. The van der Waals surface area contributed by atoms with Gasteiger partial charge in [-0.25, -0.2) is 0 Å². The third-order valence-electron chi connectivity index (χ3n) is 4.89. The summed E-state index contributed by atoms with van der Waals surface area (Å²) >= 11 is 1.92. The number of nitrogens with zero attached hydrogens (tertiary/aromatic N) is 2. The summed E-state index contributed by atoms with van der Waals surface area (Å²) in [5.74, 6) is 1.23. The van der Waals surface area contributed by atoms with Crippen LogP contribution in [-0.4, -0.2) is 48.0 Å². The molecule has 1 saturated heterocycles. The Balaban J connectivity index is 1.76. The second-order valence-electron chi connectivity index (χ2n) is 6.09. The largest absolute Gasteiger partial charge is 0.363 e. The van der Waals surface area contributed by atoms with Gasteiger partial charge in [-0.3, -0.25) is 9.89 Å². The molecule has 1 unspecified atom stereocenters. The summed E-state index contributed by atoms with van der Waals surface area (Å²) in [7, 11) is 0. The zero-order valence-corrected chi connectivity index (χ0v) is 13.6. The molecule has 110 valence electrons. The summed E-state index contributed by atoms with van der Waals surface area (Å²) in [5, 5.41) is 4.73. The van der Waals surface area contributed by atoms with Crippen molar-refractivity contribution in [3.63, 3.8) is 0 Å². The van der Waals surface area contributed by atoms with E-state index in [1.807, 2.05) is 11.8 Å². The molecule has 0 aromatic heterocycles. The number of hydrogen-bond acceptors (Lipinski definition) is 4. The first-order valence-electron chi connectivity index (χ1n) is 7.84. The van der Waals surface area contributed by atoms with E-state index in [9.17, 15) is 0 Å². The summed E-state index contributed by atoms with van der Waals surface area (Å²) in [4.78, 5) is 7.36. The number of aliphatic imine (C=N–C) groups is 1. The molecule has 0 spiro atoms. The topological polar surface area (TPSA) is 27.6 Å². The van der Waals surface area contributed by atoms with Crippen LogP contribution in [0.5, 0.6) is 0 Å². The van der Waals surface area contributed by atoms with Gasteiger partial charge in [0.05, 0.1) is 0 Å². The number of likely N-dealkylation sites (tertiary alicyclic amines) is 1. The van der Waals surface area contributed by atoms with Crippen molar-refractivity contribution in [3.05, 3.63) is 0 Å². The molecule has 1 fully saturated rings. The van der Waals surface area contributed by atoms with Gasteiger partial charge in [-0.1, -0.05) is 25.6 Å². The van der Waals surface area contributed by atoms with E-state index in [1.54, 1.807) is 0 Å². The molecule has 1 atom stereocenters. The molecule has 4 heteroatoms. The van der Waals surface area contributed by atoms with Crippen molar-refractivity contribution in [2.45, 2.75) is 52.5 Å². The van der Waals surface area contributed by atoms with Gasteiger partial charge in [-0.05, 0) is 51.1 Å². The Labute approximate surface area is 122 Å². The standard InChI is InChI=1S/C15H29N3S/c1-4-15(5-2)11-17-14(19-12-15)16-10-13(3)18-8-6-7-9-18/h13H,4-12H2,1-3H3,(H,16,17). The molecule has 2 rings (SSSR count). The quantitative estimate of drug-likeness (QED) is 0.840. The van der Waals surface area contributed by atoms with Gasteiger partial charge >= 0.3 is 0 Å². The molecule has 0 aliphatic carbocycles. The van der Waals surface area contributed by atoms with Crippen molar-refractivity contribution in [2.24, 2.45) is 10.4 Å². The molecule has 2 aliphatic heterocycles. The van der Waals surface area contributed by atoms with Crippen molar-refractivity contribution in [3.8, 4) is 0 Å². The fourth-order valence-electron chi connectivity index (χ4n) is 2.88. The highest BCUT2D eigenvalue weighted by Crippen LogP contribution is 2.34. The Kier molecular flexibility index (Phi) is 5.58. The normalized spacial score (nSPS) is 25.1. The van der Waals surface area contributed by atoms with Gasteiger partial charge in [0.1, 0.15) is 0 Å². The van der Waals surface area contributed by atoms with E-state index >= 15 is 0 Å². The molecule has 1 N–H and O–H groups in total. The zero-order chi connectivity index (χ0) is 13.7. The predicted molar refractivity (Wildman–Crippen MR) is 86.0 cm³/mol. The maximum atomic E-state index is 4.77. The molecule has 2 aliphatic rings. The number of rotatable bonds is 5. The van der Waals surface area contributed by atoms with Gasteiger partial charge in [0.2, 0.25) is 0 Å². The van der Waals surface area contributed by atoms with E-state index in [1.165, 1.54) is 49.7 Å². The lowest BCUT2D eigenvalue weighted by Gasteiger charge is -2.34. The first kappa shape index (κ1) is 15.2. The molecule has 3 nitrogen and oxygen atoms in total. The van der Waals surface area contributed by atoms with E-state index in [4.69, 9.17) is 4.99 Å². The van der Waals surface area contributed by atoms with E-state index in [0.29, 0.717) is 11.5 Å². The van der Waals surface area contributed by atoms with Crippen molar-refractivity contribution < 1.29 is 0 Å². The molecular formula is C15H29N3S. The molecule has 19 heavy (non-hydrogen) atoms. The maximum absolute atomic E-state index is 4.77. The number of thioether (sulfide) groups is 1. The lowest BCUT2D eigenvalue weighted by molar-refractivity contribution is 0.259. The van der Waals surface area contributed by atoms with E-state index in [-0.39, 0.29) is 0 Å². The summed E-state index contributed by atoms with van der Waals surface area (Å²) in [6, 6.07) is 0.634. The Morgan fingerprint density at radius 2 is 2.00 bits per heavy atom. The highest BCUT2D eigenvalue weighted by atomic mass is 32.2. The molecular weight excluding hydrogens is 254 g/mol. The molecule has 0 saturated carbocycles. The lowest BCUT2D eigenvalue weighted by atomic mass is 9.84. The summed E-state index contributed by atoms with van der Waals surface area (Å²) < 4.78 is 0. The van der Waals surface area contributed by atoms with Crippen LogP contribution in [0.1, 0.15) is 46.5 Å². The summed E-state index contributed by atoms with van der Waals surface area (Å²) in [6.45, 7) is 11.5. The van der Waals surface area contributed by atoms with Crippen LogP contribution in [0, 0.1) is 5.41 Å². The fourth-order valence-corrected chi connectivity index (χ4v) is 4.17. The maximum Gasteiger partial charge on any atom is 0.156 e. The molecule has 0 radical (unpaired) electrons. The average Bonchev–Trinajstić information content (AvgIpc) is 3.00. The van der Waals surface area contributed by atoms with Crippen molar-refractivity contribution >= 4 is 16.9 Å². The molecule has 2 heterocycles. The summed E-state index contributed by atoms with van der Waals surface area (Å²) in [6.07, 6.45) is 5.24. The third-order valence-corrected chi connectivity index (χ3v) is 6.19. The van der Waals surface area contributed by atoms with Crippen LogP contribution in [0.4, 0.5) is 0 Å².